The Hall–Kier alpha value is -1.93. The zero-order valence-corrected chi connectivity index (χ0v) is 17.7. The molecule has 1 aromatic carbocycles. The van der Waals surface area contributed by atoms with Gasteiger partial charge in [0.05, 0.1) is 39.6 Å². The molecule has 0 unspecified atom stereocenters. The molecule has 2 heterocycles. The second kappa shape index (κ2) is 8.18. The lowest BCUT2D eigenvalue weighted by Crippen LogP contribution is -2.27. The van der Waals surface area contributed by atoms with Gasteiger partial charge >= 0.3 is 0 Å². The number of nitrogens with one attached hydrogen (secondary N) is 1. The van der Waals surface area contributed by atoms with Crippen molar-refractivity contribution in [2.75, 3.05) is 6.54 Å². The summed E-state index contributed by atoms with van der Waals surface area (Å²) in [4.78, 5) is 12.2. The molecule has 26 heavy (non-hydrogen) atoms. The van der Waals surface area contributed by atoms with Gasteiger partial charge in [-0.25, -0.2) is 0 Å². The van der Waals surface area contributed by atoms with Crippen molar-refractivity contribution < 1.29 is 4.79 Å². The number of carbonyl (C=O) groups is 1. The van der Waals surface area contributed by atoms with Crippen LogP contribution in [-0.2, 0) is 13.1 Å². The van der Waals surface area contributed by atoms with E-state index in [4.69, 9.17) is 0 Å². The fraction of sp³-hybridized carbons (Fsp3) is 0.278. The highest BCUT2D eigenvalue weighted by Gasteiger charge is 2.10. The molecule has 0 aliphatic heterocycles. The van der Waals surface area contributed by atoms with Gasteiger partial charge in [-0.15, -0.1) is 0 Å². The standard InChI is InChI=1S/C18H19Br2N5O/c1-12-17(20)13(2)25(23-12)10-14-3-5-15(6-4-14)18(26)21-7-8-24-11-16(19)9-22-24/h3-6,9,11H,7-8,10H2,1-2H3,(H,21,26). The molecule has 0 aliphatic carbocycles. The monoisotopic (exact) mass is 479 g/mol. The summed E-state index contributed by atoms with van der Waals surface area (Å²) in [7, 11) is 0. The number of aromatic nitrogens is 4. The van der Waals surface area contributed by atoms with Gasteiger partial charge in [0.2, 0.25) is 0 Å². The minimum Gasteiger partial charge on any atom is -0.350 e. The molecule has 0 radical (unpaired) electrons. The normalized spacial score (nSPS) is 10.9. The van der Waals surface area contributed by atoms with Crippen molar-refractivity contribution in [3.8, 4) is 0 Å². The van der Waals surface area contributed by atoms with Crippen LogP contribution >= 0.6 is 31.9 Å². The van der Waals surface area contributed by atoms with Crippen LogP contribution in [0.15, 0.2) is 45.6 Å². The first-order chi connectivity index (χ1) is 12.4. The highest BCUT2D eigenvalue weighted by Crippen LogP contribution is 2.20. The molecule has 0 saturated heterocycles. The summed E-state index contributed by atoms with van der Waals surface area (Å²) in [6.07, 6.45) is 3.60. The number of nitrogens with zero attached hydrogens (tertiary/aromatic N) is 4. The van der Waals surface area contributed by atoms with Crippen LogP contribution in [0.4, 0.5) is 0 Å². The molecule has 2 aromatic heterocycles. The Balaban J connectivity index is 1.56. The summed E-state index contributed by atoms with van der Waals surface area (Å²) < 4.78 is 5.70. The van der Waals surface area contributed by atoms with E-state index in [2.05, 4.69) is 47.4 Å². The van der Waals surface area contributed by atoms with Crippen LogP contribution in [0.25, 0.3) is 0 Å². The molecule has 0 spiro atoms. The van der Waals surface area contributed by atoms with Crippen LogP contribution in [0.2, 0.25) is 0 Å². The van der Waals surface area contributed by atoms with Crippen LogP contribution in [0.5, 0.6) is 0 Å². The molecule has 1 N–H and O–H groups in total. The molecular weight excluding hydrogens is 462 g/mol. The van der Waals surface area contributed by atoms with E-state index in [1.165, 1.54) is 0 Å². The number of halogens is 2. The molecular formula is C18H19Br2N5O. The fourth-order valence-electron chi connectivity index (χ4n) is 2.61. The summed E-state index contributed by atoms with van der Waals surface area (Å²) in [5.74, 6) is -0.0865. The predicted octanol–water partition coefficient (Wildman–Crippen LogP) is 3.70. The molecule has 8 heteroatoms. The van der Waals surface area contributed by atoms with Gasteiger partial charge in [-0.3, -0.25) is 14.2 Å². The van der Waals surface area contributed by atoms with Crippen LogP contribution in [0.1, 0.15) is 27.3 Å². The van der Waals surface area contributed by atoms with Crippen LogP contribution < -0.4 is 5.32 Å². The molecule has 136 valence electrons. The molecule has 0 fully saturated rings. The van der Waals surface area contributed by atoms with E-state index >= 15 is 0 Å². The van der Waals surface area contributed by atoms with Crippen molar-refractivity contribution in [2.24, 2.45) is 0 Å². The highest BCUT2D eigenvalue weighted by molar-refractivity contribution is 9.10. The maximum atomic E-state index is 12.2. The van der Waals surface area contributed by atoms with Gasteiger partial charge < -0.3 is 5.32 Å². The van der Waals surface area contributed by atoms with Gasteiger partial charge in [0.1, 0.15) is 0 Å². The number of benzene rings is 1. The van der Waals surface area contributed by atoms with E-state index in [-0.39, 0.29) is 5.91 Å². The van der Waals surface area contributed by atoms with E-state index < -0.39 is 0 Å². The minimum atomic E-state index is -0.0865. The molecule has 1 amide bonds. The Labute approximate surface area is 168 Å². The summed E-state index contributed by atoms with van der Waals surface area (Å²) in [5, 5.41) is 11.6. The van der Waals surface area contributed by atoms with Crippen molar-refractivity contribution in [2.45, 2.75) is 26.9 Å². The van der Waals surface area contributed by atoms with Crippen LogP contribution in [-0.4, -0.2) is 32.0 Å². The second-order valence-electron chi connectivity index (χ2n) is 6.02. The average molecular weight is 481 g/mol. The predicted molar refractivity (Wildman–Crippen MR) is 107 cm³/mol. The molecule has 3 rings (SSSR count). The zero-order valence-electron chi connectivity index (χ0n) is 14.5. The molecule has 6 nitrogen and oxygen atoms in total. The minimum absolute atomic E-state index is 0.0865. The quantitative estimate of drug-likeness (QED) is 0.585. The average Bonchev–Trinajstić information content (AvgIpc) is 3.14. The second-order valence-corrected chi connectivity index (χ2v) is 7.73. The van der Waals surface area contributed by atoms with Gasteiger partial charge in [-0.2, -0.15) is 10.2 Å². The Morgan fingerprint density at radius 1 is 1.19 bits per heavy atom. The Morgan fingerprint density at radius 3 is 2.50 bits per heavy atom. The lowest BCUT2D eigenvalue weighted by Gasteiger charge is -2.08. The Morgan fingerprint density at radius 2 is 1.92 bits per heavy atom. The van der Waals surface area contributed by atoms with Gasteiger partial charge in [0.15, 0.2) is 0 Å². The lowest BCUT2D eigenvalue weighted by atomic mass is 10.1. The summed E-state index contributed by atoms with van der Waals surface area (Å²) in [5.41, 5.74) is 3.81. The topological polar surface area (TPSA) is 64.7 Å². The summed E-state index contributed by atoms with van der Waals surface area (Å²) in [6.45, 7) is 5.83. The summed E-state index contributed by atoms with van der Waals surface area (Å²) in [6, 6.07) is 7.61. The maximum absolute atomic E-state index is 12.2. The largest absolute Gasteiger partial charge is 0.350 e. The molecule has 0 atom stereocenters. The number of hydrogen-bond donors (Lipinski definition) is 1. The zero-order chi connectivity index (χ0) is 18.7. The van der Waals surface area contributed by atoms with Gasteiger partial charge in [0.25, 0.3) is 5.91 Å². The number of hydrogen-bond acceptors (Lipinski definition) is 3. The Bertz CT molecular complexity index is 914. The highest BCUT2D eigenvalue weighted by atomic mass is 79.9. The third-order valence-corrected chi connectivity index (χ3v) is 5.63. The maximum Gasteiger partial charge on any atom is 0.251 e. The van der Waals surface area contributed by atoms with E-state index in [9.17, 15) is 4.79 Å². The lowest BCUT2D eigenvalue weighted by molar-refractivity contribution is 0.0952. The molecule has 0 bridgehead atoms. The van der Waals surface area contributed by atoms with Crippen molar-refractivity contribution in [3.05, 3.63) is 68.1 Å². The van der Waals surface area contributed by atoms with Crippen molar-refractivity contribution in [1.29, 1.82) is 0 Å². The van der Waals surface area contributed by atoms with E-state index in [0.29, 0.717) is 25.2 Å². The van der Waals surface area contributed by atoms with Crippen molar-refractivity contribution in [1.82, 2.24) is 24.9 Å². The number of carbonyl (C=O) groups excluding carboxylic acids is 1. The number of aryl methyl sites for hydroxylation is 1. The van der Waals surface area contributed by atoms with Gasteiger partial charge in [-0.1, -0.05) is 12.1 Å². The van der Waals surface area contributed by atoms with Gasteiger partial charge in [0, 0.05) is 18.3 Å². The van der Waals surface area contributed by atoms with Crippen LogP contribution in [0.3, 0.4) is 0 Å². The third-order valence-electron chi connectivity index (χ3n) is 4.07. The van der Waals surface area contributed by atoms with E-state index in [1.807, 2.05) is 49.0 Å². The van der Waals surface area contributed by atoms with Crippen molar-refractivity contribution >= 4 is 37.8 Å². The first-order valence-electron chi connectivity index (χ1n) is 8.18. The number of rotatable bonds is 6. The van der Waals surface area contributed by atoms with E-state index in [0.717, 1.165) is 25.9 Å². The first kappa shape index (κ1) is 18.8. The fourth-order valence-corrected chi connectivity index (χ4v) is 3.22. The summed E-state index contributed by atoms with van der Waals surface area (Å²) >= 11 is 6.89. The van der Waals surface area contributed by atoms with E-state index in [1.54, 1.807) is 10.9 Å². The third kappa shape index (κ3) is 4.42. The van der Waals surface area contributed by atoms with Gasteiger partial charge in [-0.05, 0) is 63.4 Å². The van der Waals surface area contributed by atoms with Crippen LogP contribution in [0, 0.1) is 13.8 Å². The number of amides is 1. The first-order valence-corrected chi connectivity index (χ1v) is 9.77. The SMILES string of the molecule is Cc1nn(Cc2ccc(C(=O)NCCn3cc(Br)cn3)cc2)c(C)c1Br. The smallest absolute Gasteiger partial charge is 0.251 e. The van der Waals surface area contributed by atoms with Crippen molar-refractivity contribution in [3.63, 3.8) is 0 Å². The molecule has 0 saturated carbocycles. The molecule has 0 aliphatic rings. The molecule has 3 aromatic rings. The Kier molecular flexibility index (Phi) is 5.93.